The van der Waals surface area contributed by atoms with E-state index in [2.05, 4.69) is 31.0 Å². The van der Waals surface area contributed by atoms with E-state index in [0.29, 0.717) is 17.6 Å². The van der Waals surface area contributed by atoms with Gasteiger partial charge in [-0.05, 0) is 45.1 Å². The van der Waals surface area contributed by atoms with Crippen LogP contribution in [0.4, 0.5) is 0 Å². The summed E-state index contributed by atoms with van der Waals surface area (Å²) in [5.41, 5.74) is 0.513. The molecule has 0 aromatic rings. The van der Waals surface area contributed by atoms with Gasteiger partial charge in [-0.3, -0.25) is 4.90 Å². The van der Waals surface area contributed by atoms with Crippen molar-refractivity contribution >= 4 is 0 Å². The SMILES string of the molecule is CCCNCC1(CN2CC(C)OCC2C)CCCCC1. The first-order valence-electron chi connectivity index (χ1n) is 8.71. The molecule has 0 aromatic heterocycles. The highest BCUT2D eigenvalue weighted by Crippen LogP contribution is 2.37. The maximum absolute atomic E-state index is 5.78. The summed E-state index contributed by atoms with van der Waals surface area (Å²) in [5, 5.41) is 3.70. The van der Waals surface area contributed by atoms with Crippen LogP contribution in [-0.4, -0.2) is 49.8 Å². The molecule has 2 rings (SSSR count). The van der Waals surface area contributed by atoms with E-state index in [4.69, 9.17) is 4.74 Å². The molecule has 118 valence electrons. The van der Waals surface area contributed by atoms with Gasteiger partial charge in [-0.1, -0.05) is 26.2 Å². The standard InChI is InChI=1S/C17H34N2O/c1-4-10-18-13-17(8-6-5-7-9-17)14-19-11-16(3)20-12-15(19)2/h15-16,18H,4-14H2,1-3H3. The van der Waals surface area contributed by atoms with Crippen molar-refractivity contribution in [3.05, 3.63) is 0 Å². The lowest BCUT2D eigenvalue weighted by Crippen LogP contribution is -2.53. The summed E-state index contributed by atoms with van der Waals surface area (Å²) in [6, 6.07) is 0.580. The van der Waals surface area contributed by atoms with Gasteiger partial charge < -0.3 is 10.1 Å². The van der Waals surface area contributed by atoms with E-state index in [0.717, 1.165) is 19.7 Å². The van der Waals surface area contributed by atoms with E-state index in [9.17, 15) is 0 Å². The van der Waals surface area contributed by atoms with Crippen molar-refractivity contribution in [2.24, 2.45) is 5.41 Å². The van der Waals surface area contributed by atoms with Crippen LogP contribution in [0.2, 0.25) is 0 Å². The zero-order valence-corrected chi connectivity index (χ0v) is 13.8. The monoisotopic (exact) mass is 282 g/mol. The minimum atomic E-state index is 0.399. The van der Waals surface area contributed by atoms with Crippen LogP contribution in [0, 0.1) is 5.41 Å². The van der Waals surface area contributed by atoms with Crippen LogP contribution >= 0.6 is 0 Å². The molecule has 1 heterocycles. The average molecular weight is 282 g/mol. The highest BCUT2D eigenvalue weighted by molar-refractivity contribution is 4.90. The lowest BCUT2D eigenvalue weighted by atomic mass is 9.73. The van der Waals surface area contributed by atoms with Crippen molar-refractivity contribution in [3.8, 4) is 0 Å². The summed E-state index contributed by atoms with van der Waals surface area (Å²) < 4.78 is 5.78. The van der Waals surface area contributed by atoms with E-state index >= 15 is 0 Å². The molecule has 1 N–H and O–H groups in total. The Bertz CT molecular complexity index is 276. The number of hydrogen-bond donors (Lipinski definition) is 1. The van der Waals surface area contributed by atoms with Gasteiger partial charge in [0.05, 0.1) is 12.7 Å². The van der Waals surface area contributed by atoms with Crippen molar-refractivity contribution in [3.63, 3.8) is 0 Å². The molecule has 0 aromatic carbocycles. The Labute approximate surface area is 125 Å². The van der Waals surface area contributed by atoms with Gasteiger partial charge in [0.15, 0.2) is 0 Å². The molecule has 0 bridgehead atoms. The molecule has 1 aliphatic heterocycles. The second-order valence-electron chi connectivity index (χ2n) is 7.16. The topological polar surface area (TPSA) is 24.5 Å². The predicted molar refractivity (Wildman–Crippen MR) is 85.1 cm³/mol. The normalized spacial score (nSPS) is 31.4. The van der Waals surface area contributed by atoms with Gasteiger partial charge in [-0.2, -0.15) is 0 Å². The van der Waals surface area contributed by atoms with E-state index in [1.807, 2.05) is 0 Å². The fourth-order valence-electron chi connectivity index (χ4n) is 3.85. The van der Waals surface area contributed by atoms with Gasteiger partial charge in [0.2, 0.25) is 0 Å². The molecule has 1 saturated heterocycles. The molecular formula is C17H34N2O. The third-order valence-corrected chi connectivity index (χ3v) is 5.12. The molecule has 0 spiro atoms. The number of hydrogen-bond acceptors (Lipinski definition) is 3. The lowest BCUT2D eigenvalue weighted by Gasteiger charge is -2.46. The maximum Gasteiger partial charge on any atom is 0.0674 e. The molecule has 2 atom stereocenters. The van der Waals surface area contributed by atoms with E-state index in [-0.39, 0.29) is 0 Å². The molecule has 2 fully saturated rings. The van der Waals surface area contributed by atoms with Gasteiger partial charge in [-0.25, -0.2) is 0 Å². The molecule has 1 aliphatic carbocycles. The Hall–Kier alpha value is -0.120. The number of nitrogens with one attached hydrogen (secondary N) is 1. The quantitative estimate of drug-likeness (QED) is 0.758. The third-order valence-electron chi connectivity index (χ3n) is 5.12. The summed E-state index contributed by atoms with van der Waals surface area (Å²) in [7, 11) is 0. The largest absolute Gasteiger partial charge is 0.376 e. The third kappa shape index (κ3) is 4.44. The van der Waals surface area contributed by atoms with Crippen LogP contribution in [0.5, 0.6) is 0 Å². The van der Waals surface area contributed by atoms with Crippen LogP contribution in [0.1, 0.15) is 59.3 Å². The van der Waals surface area contributed by atoms with Crippen molar-refractivity contribution in [1.82, 2.24) is 10.2 Å². The highest BCUT2D eigenvalue weighted by atomic mass is 16.5. The Morgan fingerprint density at radius 1 is 1.20 bits per heavy atom. The molecule has 0 amide bonds. The Balaban J connectivity index is 1.95. The lowest BCUT2D eigenvalue weighted by molar-refractivity contribution is -0.0668. The number of morpholine rings is 1. The van der Waals surface area contributed by atoms with E-state index in [1.54, 1.807) is 0 Å². The van der Waals surface area contributed by atoms with Crippen LogP contribution < -0.4 is 5.32 Å². The highest BCUT2D eigenvalue weighted by Gasteiger charge is 2.36. The summed E-state index contributed by atoms with van der Waals surface area (Å²) in [4.78, 5) is 2.69. The van der Waals surface area contributed by atoms with Crippen molar-refractivity contribution in [1.29, 1.82) is 0 Å². The fraction of sp³-hybridized carbons (Fsp3) is 1.00. The minimum absolute atomic E-state index is 0.399. The van der Waals surface area contributed by atoms with E-state index in [1.165, 1.54) is 51.6 Å². The van der Waals surface area contributed by atoms with Gasteiger partial charge in [-0.15, -0.1) is 0 Å². The summed E-state index contributed by atoms with van der Waals surface area (Å²) in [6.45, 7) is 12.4. The average Bonchev–Trinajstić information content (AvgIpc) is 2.44. The zero-order valence-electron chi connectivity index (χ0n) is 13.8. The fourth-order valence-corrected chi connectivity index (χ4v) is 3.85. The number of ether oxygens (including phenoxy) is 1. The number of rotatable bonds is 6. The Morgan fingerprint density at radius 2 is 1.95 bits per heavy atom. The molecular weight excluding hydrogens is 248 g/mol. The van der Waals surface area contributed by atoms with Gasteiger partial charge in [0.25, 0.3) is 0 Å². The second-order valence-corrected chi connectivity index (χ2v) is 7.16. The minimum Gasteiger partial charge on any atom is -0.376 e. The Morgan fingerprint density at radius 3 is 2.65 bits per heavy atom. The summed E-state index contributed by atoms with van der Waals surface area (Å²) in [5.74, 6) is 0. The van der Waals surface area contributed by atoms with Crippen molar-refractivity contribution < 1.29 is 4.74 Å². The molecule has 2 aliphatic rings. The molecule has 0 radical (unpaired) electrons. The zero-order chi connectivity index (χ0) is 14.4. The first-order valence-corrected chi connectivity index (χ1v) is 8.71. The smallest absolute Gasteiger partial charge is 0.0674 e. The second kappa shape index (κ2) is 7.77. The van der Waals surface area contributed by atoms with Gasteiger partial charge in [0.1, 0.15) is 0 Å². The molecule has 3 heteroatoms. The molecule has 3 nitrogen and oxygen atoms in total. The first kappa shape index (κ1) is 16.3. The maximum atomic E-state index is 5.78. The van der Waals surface area contributed by atoms with Crippen LogP contribution in [0.25, 0.3) is 0 Å². The number of nitrogens with zero attached hydrogens (tertiary/aromatic N) is 1. The van der Waals surface area contributed by atoms with Crippen molar-refractivity contribution in [2.45, 2.75) is 71.4 Å². The van der Waals surface area contributed by atoms with Crippen LogP contribution in [0.3, 0.4) is 0 Å². The van der Waals surface area contributed by atoms with Crippen LogP contribution in [-0.2, 0) is 4.74 Å². The van der Waals surface area contributed by atoms with Crippen molar-refractivity contribution in [2.75, 3.05) is 32.8 Å². The molecule has 20 heavy (non-hydrogen) atoms. The first-order chi connectivity index (χ1) is 9.65. The molecule has 1 saturated carbocycles. The summed E-state index contributed by atoms with van der Waals surface area (Å²) in [6.07, 6.45) is 8.72. The summed E-state index contributed by atoms with van der Waals surface area (Å²) >= 11 is 0. The van der Waals surface area contributed by atoms with Crippen LogP contribution in [0.15, 0.2) is 0 Å². The van der Waals surface area contributed by atoms with Gasteiger partial charge in [0, 0.05) is 25.7 Å². The van der Waals surface area contributed by atoms with E-state index < -0.39 is 0 Å². The van der Waals surface area contributed by atoms with Gasteiger partial charge >= 0.3 is 0 Å². The Kier molecular flexibility index (Phi) is 6.31. The molecule has 2 unspecified atom stereocenters. The predicted octanol–water partition coefficient (Wildman–Crippen LogP) is 3.05.